The minimum absolute atomic E-state index is 0.00413. The van der Waals surface area contributed by atoms with Crippen LogP contribution < -0.4 is 20.5 Å². The van der Waals surface area contributed by atoms with Crippen molar-refractivity contribution in [3.8, 4) is 23.8 Å². The molecular weight excluding hydrogens is 252 g/mol. The van der Waals surface area contributed by atoms with Crippen molar-refractivity contribution in [3.63, 3.8) is 0 Å². The highest BCUT2D eigenvalue weighted by atomic mass is 16.5. The third kappa shape index (κ3) is 4.16. The Hall–Kier alpha value is -1.70. The number of nitrogens with two attached hydrogens (primary N) is 1. The highest BCUT2D eigenvalue weighted by Gasteiger charge is 2.18. The second kappa shape index (κ2) is 8.47. The molecule has 2 atom stereocenters. The lowest BCUT2D eigenvalue weighted by Gasteiger charge is -2.23. The first-order valence-corrected chi connectivity index (χ1v) is 6.84. The van der Waals surface area contributed by atoms with Crippen LogP contribution in [0.4, 0.5) is 0 Å². The molecule has 1 aromatic carbocycles. The summed E-state index contributed by atoms with van der Waals surface area (Å²) in [5.41, 5.74) is 6.86. The predicted molar refractivity (Wildman–Crippen MR) is 82.0 cm³/mol. The van der Waals surface area contributed by atoms with Crippen molar-refractivity contribution >= 4 is 0 Å². The van der Waals surface area contributed by atoms with E-state index < -0.39 is 0 Å². The summed E-state index contributed by atoms with van der Waals surface area (Å²) in [5, 5.41) is 3.40. The van der Waals surface area contributed by atoms with Gasteiger partial charge in [0.2, 0.25) is 0 Å². The monoisotopic (exact) mass is 276 g/mol. The van der Waals surface area contributed by atoms with Gasteiger partial charge in [0.05, 0.1) is 20.3 Å². The van der Waals surface area contributed by atoms with Gasteiger partial charge in [0, 0.05) is 18.2 Å². The molecule has 0 amide bonds. The Balaban J connectivity index is 3.01. The van der Waals surface area contributed by atoms with Crippen LogP contribution in [0, 0.1) is 12.3 Å². The Kier molecular flexibility index (Phi) is 6.92. The molecule has 3 N–H and O–H groups in total. The first kappa shape index (κ1) is 16.4. The summed E-state index contributed by atoms with van der Waals surface area (Å²) >= 11 is 0. The van der Waals surface area contributed by atoms with Crippen LogP contribution in [0.5, 0.6) is 11.5 Å². The van der Waals surface area contributed by atoms with Crippen LogP contribution in [0.25, 0.3) is 0 Å². The SMILES string of the molecule is C#CC(CCC)NC(CN)c1cc(OC)ccc1OC. The van der Waals surface area contributed by atoms with E-state index in [1.807, 2.05) is 18.2 Å². The number of ether oxygens (including phenoxy) is 2. The van der Waals surface area contributed by atoms with Crippen LogP contribution in [0.2, 0.25) is 0 Å². The van der Waals surface area contributed by atoms with Gasteiger partial charge in [-0.05, 0) is 24.6 Å². The summed E-state index contributed by atoms with van der Waals surface area (Å²) in [6.45, 7) is 2.54. The zero-order chi connectivity index (χ0) is 15.0. The molecule has 0 aliphatic carbocycles. The maximum atomic E-state index is 5.89. The number of terminal acetylenes is 1. The Morgan fingerprint density at radius 3 is 2.60 bits per heavy atom. The van der Waals surface area contributed by atoms with Gasteiger partial charge in [0.15, 0.2) is 0 Å². The molecule has 0 aromatic heterocycles. The van der Waals surface area contributed by atoms with Crippen molar-refractivity contribution in [2.75, 3.05) is 20.8 Å². The molecular formula is C16H24N2O2. The summed E-state index contributed by atoms with van der Waals surface area (Å²) < 4.78 is 10.7. The molecule has 1 aromatic rings. The van der Waals surface area contributed by atoms with Crippen LogP contribution >= 0.6 is 0 Å². The topological polar surface area (TPSA) is 56.5 Å². The number of rotatable bonds is 8. The average Bonchev–Trinajstić information content (AvgIpc) is 2.50. The molecule has 4 nitrogen and oxygen atoms in total. The number of hydrogen-bond acceptors (Lipinski definition) is 4. The number of benzene rings is 1. The van der Waals surface area contributed by atoms with Crippen LogP contribution in [0.3, 0.4) is 0 Å². The van der Waals surface area contributed by atoms with Crippen molar-refractivity contribution in [2.45, 2.75) is 31.8 Å². The number of methoxy groups -OCH3 is 2. The van der Waals surface area contributed by atoms with Crippen molar-refractivity contribution in [1.82, 2.24) is 5.32 Å². The smallest absolute Gasteiger partial charge is 0.123 e. The molecule has 1 rings (SSSR count). The maximum absolute atomic E-state index is 5.89. The summed E-state index contributed by atoms with van der Waals surface area (Å²) in [6.07, 6.45) is 7.50. The van der Waals surface area contributed by atoms with Gasteiger partial charge >= 0.3 is 0 Å². The van der Waals surface area contributed by atoms with Crippen LogP contribution in [0.1, 0.15) is 31.4 Å². The number of hydrogen-bond donors (Lipinski definition) is 2. The first-order valence-electron chi connectivity index (χ1n) is 6.84. The molecule has 2 unspecified atom stereocenters. The zero-order valence-electron chi connectivity index (χ0n) is 12.5. The van der Waals surface area contributed by atoms with Gasteiger partial charge in [-0.1, -0.05) is 19.3 Å². The lowest BCUT2D eigenvalue weighted by molar-refractivity contribution is 0.385. The minimum Gasteiger partial charge on any atom is -0.497 e. The van der Waals surface area contributed by atoms with Crippen LogP contribution in [0.15, 0.2) is 18.2 Å². The Morgan fingerprint density at radius 2 is 2.10 bits per heavy atom. The van der Waals surface area contributed by atoms with Crippen molar-refractivity contribution in [2.24, 2.45) is 5.73 Å². The minimum atomic E-state index is -0.0624. The fourth-order valence-electron chi connectivity index (χ4n) is 2.14. The summed E-state index contributed by atoms with van der Waals surface area (Å²) in [4.78, 5) is 0. The summed E-state index contributed by atoms with van der Waals surface area (Å²) in [6, 6.07) is 5.62. The fourth-order valence-corrected chi connectivity index (χ4v) is 2.14. The third-order valence-electron chi connectivity index (χ3n) is 3.23. The van der Waals surface area contributed by atoms with Crippen LogP contribution in [-0.4, -0.2) is 26.8 Å². The van der Waals surface area contributed by atoms with Gasteiger partial charge in [-0.3, -0.25) is 5.32 Å². The lowest BCUT2D eigenvalue weighted by atomic mass is 10.0. The molecule has 0 saturated heterocycles. The second-order valence-corrected chi connectivity index (χ2v) is 4.57. The fraction of sp³-hybridized carbons (Fsp3) is 0.500. The van der Waals surface area contributed by atoms with E-state index in [1.165, 1.54) is 0 Å². The highest BCUT2D eigenvalue weighted by molar-refractivity contribution is 5.42. The van der Waals surface area contributed by atoms with E-state index in [2.05, 4.69) is 18.2 Å². The third-order valence-corrected chi connectivity index (χ3v) is 3.23. The molecule has 0 fully saturated rings. The normalized spacial score (nSPS) is 13.3. The highest BCUT2D eigenvalue weighted by Crippen LogP contribution is 2.29. The molecule has 110 valence electrons. The van der Waals surface area contributed by atoms with Gasteiger partial charge in [0.1, 0.15) is 11.5 Å². The largest absolute Gasteiger partial charge is 0.497 e. The summed E-state index contributed by atoms with van der Waals surface area (Å²) in [5.74, 6) is 4.32. The van der Waals surface area contributed by atoms with E-state index in [9.17, 15) is 0 Å². The maximum Gasteiger partial charge on any atom is 0.123 e. The standard InChI is InChI=1S/C16H24N2O2/c1-5-7-12(6-2)18-15(11-17)14-10-13(19-3)8-9-16(14)20-4/h2,8-10,12,15,18H,5,7,11,17H2,1,3-4H3. The molecule has 0 saturated carbocycles. The molecule has 0 aliphatic heterocycles. The Labute approximate surface area is 121 Å². The van der Waals surface area contributed by atoms with E-state index >= 15 is 0 Å². The van der Waals surface area contributed by atoms with Gasteiger partial charge in [-0.2, -0.15) is 0 Å². The molecule has 4 heteroatoms. The summed E-state index contributed by atoms with van der Waals surface area (Å²) in [7, 11) is 3.28. The van der Waals surface area contributed by atoms with Crippen molar-refractivity contribution in [3.05, 3.63) is 23.8 Å². The molecule has 0 heterocycles. The predicted octanol–water partition coefficient (Wildman–Crippen LogP) is 2.10. The van der Waals surface area contributed by atoms with E-state index in [1.54, 1.807) is 14.2 Å². The van der Waals surface area contributed by atoms with Gasteiger partial charge in [-0.15, -0.1) is 6.42 Å². The Morgan fingerprint density at radius 1 is 1.35 bits per heavy atom. The zero-order valence-corrected chi connectivity index (χ0v) is 12.5. The molecule has 20 heavy (non-hydrogen) atoms. The number of nitrogens with one attached hydrogen (secondary N) is 1. The molecule has 0 radical (unpaired) electrons. The van der Waals surface area contributed by atoms with Gasteiger partial charge in [-0.25, -0.2) is 0 Å². The van der Waals surface area contributed by atoms with E-state index in [0.717, 1.165) is 29.9 Å². The molecule has 0 aliphatic rings. The van der Waals surface area contributed by atoms with Crippen molar-refractivity contribution < 1.29 is 9.47 Å². The van der Waals surface area contributed by atoms with Crippen LogP contribution in [-0.2, 0) is 0 Å². The quantitative estimate of drug-likeness (QED) is 0.714. The van der Waals surface area contributed by atoms with E-state index in [0.29, 0.717) is 6.54 Å². The van der Waals surface area contributed by atoms with E-state index in [4.69, 9.17) is 21.6 Å². The van der Waals surface area contributed by atoms with Gasteiger partial charge in [0.25, 0.3) is 0 Å². The molecule has 0 spiro atoms. The Bertz CT molecular complexity index is 454. The van der Waals surface area contributed by atoms with Gasteiger partial charge < -0.3 is 15.2 Å². The van der Waals surface area contributed by atoms with Crippen molar-refractivity contribution in [1.29, 1.82) is 0 Å². The van der Waals surface area contributed by atoms with E-state index in [-0.39, 0.29) is 12.1 Å². The lowest BCUT2D eigenvalue weighted by Crippen LogP contribution is -2.36. The first-order chi connectivity index (χ1) is 9.69. The second-order valence-electron chi connectivity index (χ2n) is 4.57. The average molecular weight is 276 g/mol. The molecule has 0 bridgehead atoms.